The molecule has 1 heterocycles. The predicted octanol–water partition coefficient (Wildman–Crippen LogP) is 2.22. The lowest BCUT2D eigenvalue weighted by Gasteiger charge is -1.97. The standard InChI is InChI=1S/C14H10N2O2/c1-18-14(17)12-9-16-13-6-5-10(8-11(12)13)4-2-3-7-15/h5-6,8-9,16H,3H2,1H3. The molecular formula is C14H10N2O2. The largest absolute Gasteiger partial charge is 0.465 e. The molecule has 0 radical (unpaired) electrons. The Labute approximate surface area is 104 Å². The van der Waals surface area contributed by atoms with E-state index < -0.39 is 0 Å². The van der Waals surface area contributed by atoms with Gasteiger partial charge in [0.05, 0.1) is 25.2 Å². The smallest absolute Gasteiger partial charge is 0.340 e. The quantitative estimate of drug-likeness (QED) is 0.612. The average molecular weight is 238 g/mol. The van der Waals surface area contributed by atoms with Crippen molar-refractivity contribution >= 4 is 16.9 Å². The summed E-state index contributed by atoms with van der Waals surface area (Å²) in [5.74, 6) is 5.22. The molecule has 0 unspecified atom stereocenters. The number of hydrogen-bond donors (Lipinski definition) is 1. The molecule has 0 fully saturated rings. The van der Waals surface area contributed by atoms with Crippen molar-refractivity contribution in [3.63, 3.8) is 0 Å². The Morgan fingerprint density at radius 3 is 3.06 bits per heavy atom. The number of ether oxygens (including phenoxy) is 1. The lowest BCUT2D eigenvalue weighted by Crippen LogP contribution is -1.99. The topological polar surface area (TPSA) is 65.9 Å². The molecule has 4 heteroatoms. The Morgan fingerprint density at radius 1 is 1.50 bits per heavy atom. The van der Waals surface area contributed by atoms with Crippen molar-refractivity contribution in [2.45, 2.75) is 6.42 Å². The predicted molar refractivity (Wildman–Crippen MR) is 66.7 cm³/mol. The van der Waals surface area contributed by atoms with Crippen LogP contribution >= 0.6 is 0 Å². The minimum atomic E-state index is -0.386. The fourth-order valence-corrected chi connectivity index (χ4v) is 1.66. The van der Waals surface area contributed by atoms with Crippen LogP contribution in [0.1, 0.15) is 22.3 Å². The molecule has 0 atom stereocenters. The van der Waals surface area contributed by atoms with Gasteiger partial charge in [-0.1, -0.05) is 11.8 Å². The molecule has 1 N–H and O–H groups in total. The van der Waals surface area contributed by atoms with E-state index >= 15 is 0 Å². The highest BCUT2D eigenvalue weighted by Gasteiger charge is 2.11. The number of nitrogens with zero attached hydrogens (tertiary/aromatic N) is 1. The van der Waals surface area contributed by atoms with Gasteiger partial charge in [-0.15, -0.1) is 0 Å². The Morgan fingerprint density at radius 2 is 2.33 bits per heavy atom. The molecule has 2 aromatic rings. The molecule has 0 aliphatic carbocycles. The molecule has 0 saturated heterocycles. The molecule has 0 amide bonds. The maximum absolute atomic E-state index is 11.5. The first-order valence-electron chi connectivity index (χ1n) is 5.31. The van der Waals surface area contributed by atoms with Crippen LogP contribution in [0.2, 0.25) is 0 Å². The third-order valence-corrected chi connectivity index (χ3v) is 2.49. The van der Waals surface area contributed by atoms with Crippen molar-refractivity contribution in [2.75, 3.05) is 7.11 Å². The number of aromatic amines is 1. The number of hydrogen-bond acceptors (Lipinski definition) is 3. The summed E-state index contributed by atoms with van der Waals surface area (Å²) in [4.78, 5) is 14.5. The number of rotatable bonds is 1. The molecular weight excluding hydrogens is 228 g/mol. The van der Waals surface area contributed by atoms with Gasteiger partial charge in [-0.3, -0.25) is 0 Å². The number of esters is 1. The number of methoxy groups -OCH3 is 1. The van der Waals surface area contributed by atoms with E-state index in [0.29, 0.717) is 5.56 Å². The summed E-state index contributed by atoms with van der Waals surface area (Å²) >= 11 is 0. The molecule has 0 aliphatic heterocycles. The number of nitrogens with one attached hydrogen (secondary N) is 1. The normalized spacial score (nSPS) is 9.33. The van der Waals surface area contributed by atoms with Gasteiger partial charge in [0.1, 0.15) is 0 Å². The van der Waals surface area contributed by atoms with Crippen LogP contribution < -0.4 is 0 Å². The fourth-order valence-electron chi connectivity index (χ4n) is 1.66. The minimum Gasteiger partial charge on any atom is -0.465 e. The van der Waals surface area contributed by atoms with Crippen LogP contribution in [-0.2, 0) is 4.74 Å². The van der Waals surface area contributed by atoms with Gasteiger partial charge >= 0.3 is 5.97 Å². The van der Waals surface area contributed by atoms with Crippen LogP contribution in [0.4, 0.5) is 0 Å². The lowest BCUT2D eigenvalue weighted by molar-refractivity contribution is 0.0603. The molecule has 1 aromatic heterocycles. The summed E-state index contributed by atoms with van der Waals surface area (Å²) in [6.07, 6.45) is 1.80. The zero-order chi connectivity index (χ0) is 13.0. The second-order valence-electron chi connectivity index (χ2n) is 3.59. The van der Waals surface area contributed by atoms with Gasteiger partial charge in [-0.2, -0.15) is 5.26 Å². The van der Waals surface area contributed by atoms with Crippen molar-refractivity contribution in [1.82, 2.24) is 4.98 Å². The fraction of sp³-hybridized carbons (Fsp3) is 0.143. The molecule has 1 aromatic carbocycles. The van der Waals surface area contributed by atoms with E-state index in [4.69, 9.17) is 10.00 Å². The number of benzene rings is 1. The first kappa shape index (κ1) is 11.8. The van der Waals surface area contributed by atoms with Gasteiger partial charge in [0.25, 0.3) is 0 Å². The van der Waals surface area contributed by atoms with Crippen molar-refractivity contribution in [3.8, 4) is 17.9 Å². The van der Waals surface area contributed by atoms with Crippen LogP contribution in [0.15, 0.2) is 24.4 Å². The molecule has 0 spiro atoms. The Bertz CT molecular complexity index is 696. The van der Waals surface area contributed by atoms with Gasteiger partial charge in [0, 0.05) is 22.7 Å². The van der Waals surface area contributed by atoms with Gasteiger partial charge in [0.15, 0.2) is 0 Å². The van der Waals surface area contributed by atoms with Crippen LogP contribution in [0.5, 0.6) is 0 Å². The maximum Gasteiger partial charge on any atom is 0.340 e. The SMILES string of the molecule is COC(=O)c1c[nH]c2ccc(C#CCC#N)cc12. The second kappa shape index (κ2) is 5.07. The van der Waals surface area contributed by atoms with Crippen molar-refractivity contribution < 1.29 is 9.53 Å². The second-order valence-corrected chi connectivity index (χ2v) is 3.59. The molecule has 2 rings (SSSR count). The molecule has 18 heavy (non-hydrogen) atoms. The van der Waals surface area contributed by atoms with Gasteiger partial charge in [-0.25, -0.2) is 4.79 Å². The highest BCUT2D eigenvalue weighted by Crippen LogP contribution is 2.20. The van der Waals surface area contributed by atoms with E-state index in [1.807, 2.05) is 24.3 Å². The molecule has 4 nitrogen and oxygen atoms in total. The van der Waals surface area contributed by atoms with Crippen LogP contribution in [0, 0.1) is 23.2 Å². The maximum atomic E-state index is 11.5. The first-order valence-corrected chi connectivity index (χ1v) is 5.31. The zero-order valence-corrected chi connectivity index (χ0v) is 9.78. The Kier molecular flexibility index (Phi) is 3.31. The molecule has 0 saturated carbocycles. The highest BCUT2D eigenvalue weighted by molar-refractivity contribution is 6.04. The number of carbonyl (C=O) groups is 1. The number of fused-ring (bicyclic) bond motifs is 1. The number of nitriles is 1. The van der Waals surface area contributed by atoms with Gasteiger partial charge < -0.3 is 9.72 Å². The van der Waals surface area contributed by atoms with Crippen molar-refractivity contribution in [1.29, 1.82) is 5.26 Å². The number of H-pyrrole nitrogens is 1. The van der Waals surface area contributed by atoms with E-state index in [0.717, 1.165) is 16.5 Å². The molecule has 88 valence electrons. The van der Waals surface area contributed by atoms with E-state index in [-0.39, 0.29) is 12.4 Å². The average Bonchev–Trinajstić information content (AvgIpc) is 2.81. The van der Waals surface area contributed by atoms with E-state index in [9.17, 15) is 4.79 Å². The minimum absolute atomic E-state index is 0.190. The van der Waals surface area contributed by atoms with Crippen LogP contribution in [0.25, 0.3) is 10.9 Å². The van der Waals surface area contributed by atoms with Crippen LogP contribution in [-0.4, -0.2) is 18.1 Å². The van der Waals surface area contributed by atoms with E-state index in [2.05, 4.69) is 16.8 Å². The van der Waals surface area contributed by atoms with E-state index in [1.165, 1.54) is 7.11 Å². The summed E-state index contributed by atoms with van der Waals surface area (Å²) in [5, 5.41) is 9.18. The monoisotopic (exact) mass is 238 g/mol. The van der Waals surface area contributed by atoms with Crippen molar-refractivity contribution in [3.05, 3.63) is 35.5 Å². The summed E-state index contributed by atoms with van der Waals surface area (Å²) in [7, 11) is 1.34. The Hall–Kier alpha value is -2.72. The van der Waals surface area contributed by atoms with Crippen LogP contribution in [0.3, 0.4) is 0 Å². The zero-order valence-electron chi connectivity index (χ0n) is 9.78. The Balaban J connectivity index is 2.47. The summed E-state index contributed by atoms with van der Waals surface area (Å²) in [6.45, 7) is 0. The highest BCUT2D eigenvalue weighted by atomic mass is 16.5. The summed E-state index contributed by atoms with van der Waals surface area (Å²) in [5.41, 5.74) is 2.10. The number of aromatic nitrogens is 1. The lowest BCUT2D eigenvalue weighted by atomic mass is 10.1. The van der Waals surface area contributed by atoms with Gasteiger partial charge in [0.2, 0.25) is 0 Å². The molecule has 0 bridgehead atoms. The first-order chi connectivity index (χ1) is 8.76. The van der Waals surface area contributed by atoms with Gasteiger partial charge in [-0.05, 0) is 18.2 Å². The third kappa shape index (κ3) is 2.18. The third-order valence-electron chi connectivity index (χ3n) is 2.49. The van der Waals surface area contributed by atoms with E-state index in [1.54, 1.807) is 6.20 Å². The summed E-state index contributed by atoms with van der Waals surface area (Å²) in [6, 6.07) is 7.45. The van der Waals surface area contributed by atoms with Crippen molar-refractivity contribution in [2.24, 2.45) is 0 Å². The summed E-state index contributed by atoms with van der Waals surface area (Å²) < 4.78 is 4.70. The number of carbonyl (C=O) groups excluding carboxylic acids is 1. The molecule has 0 aliphatic rings.